The lowest BCUT2D eigenvalue weighted by atomic mass is 10.1. The Morgan fingerprint density at radius 2 is 1.48 bits per heavy atom. The monoisotopic (exact) mass is 278 g/mol. The van der Waals surface area contributed by atoms with Gasteiger partial charge >= 0.3 is 5.97 Å². The molecule has 0 unspecified atom stereocenters. The summed E-state index contributed by atoms with van der Waals surface area (Å²) in [6.45, 7) is 0. The molecule has 1 heterocycles. The topological polar surface area (TPSA) is 50.4 Å². The average Bonchev–Trinajstić information content (AvgIpc) is 2.92. The molecule has 3 heteroatoms. The number of aliphatic carboxylic acids is 1. The maximum atomic E-state index is 11.1. The number of hydrogen-bond donors (Lipinski definition) is 1. The van der Waals surface area contributed by atoms with E-state index >= 15 is 0 Å². The minimum absolute atomic E-state index is 0.0550. The van der Waals surface area contributed by atoms with Crippen molar-refractivity contribution in [2.75, 3.05) is 0 Å². The molecule has 1 N–H and O–H groups in total. The number of rotatable bonds is 4. The summed E-state index contributed by atoms with van der Waals surface area (Å²) in [5.74, 6) is 0.440. The molecule has 21 heavy (non-hydrogen) atoms. The summed E-state index contributed by atoms with van der Waals surface area (Å²) in [7, 11) is 0. The molecule has 0 bridgehead atoms. The summed E-state index contributed by atoms with van der Waals surface area (Å²) in [4.78, 5) is 11.1. The highest BCUT2D eigenvalue weighted by Crippen LogP contribution is 2.32. The lowest BCUT2D eigenvalue weighted by molar-refractivity contribution is -0.136. The lowest BCUT2D eigenvalue weighted by Crippen LogP contribution is -1.99. The van der Waals surface area contributed by atoms with E-state index in [4.69, 9.17) is 9.52 Å². The van der Waals surface area contributed by atoms with Crippen LogP contribution in [0.15, 0.2) is 71.1 Å². The van der Waals surface area contributed by atoms with Crippen molar-refractivity contribution >= 4 is 5.97 Å². The molecule has 0 radical (unpaired) electrons. The SMILES string of the molecule is O=C(O)Cc1cc(-c2ccccc2)oc1-c1ccccc1. The Bertz CT molecular complexity index is 743. The molecule has 0 atom stereocenters. The Labute approximate surface area is 122 Å². The minimum Gasteiger partial charge on any atom is -0.481 e. The van der Waals surface area contributed by atoms with Crippen LogP contribution >= 0.6 is 0 Å². The first kappa shape index (κ1) is 13.2. The number of carboxylic acid groups (broad SMARTS) is 1. The maximum absolute atomic E-state index is 11.1. The molecule has 0 spiro atoms. The van der Waals surface area contributed by atoms with Crippen LogP contribution in [-0.2, 0) is 11.2 Å². The maximum Gasteiger partial charge on any atom is 0.307 e. The molecule has 104 valence electrons. The fourth-order valence-electron chi connectivity index (χ4n) is 2.30. The van der Waals surface area contributed by atoms with Crippen molar-refractivity contribution in [2.24, 2.45) is 0 Å². The van der Waals surface area contributed by atoms with Crippen LogP contribution in [0.2, 0.25) is 0 Å². The molecule has 0 fully saturated rings. The largest absolute Gasteiger partial charge is 0.481 e. The first-order chi connectivity index (χ1) is 10.2. The zero-order valence-corrected chi connectivity index (χ0v) is 11.3. The Kier molecular flexibility index (Phi) is 3.56. The summed E-state index contributed by atoms with van der Waals surface area (Å²) in [5.41, 5.74) is 2.51. The van der Waals surface area contributed by atoms with Crippen molar-refractivity contribution in [1.82, 2.24) is 0 Å². The number of carboxylic acids is 1. The van der Waals surface area contributed by atoms with Gasteiger partial charge in [-0.2, -0.15) is 0 Å². The Morgan fingerprint density at radius 3 is 2.05 bits per heavy atom. The summed E-state index contributed by atoms with van der Waals surface area (Å²) < 4.78 is 5.92. The standard InChI is InChI=1S/C18H14O3/c19-17(20)12-15-11-16(13-7-3-1-4-8-13)21-18(15)14-9-5-2-6-10-14/h1-11H,12H2,(H,19,20). The lowest BCUT2D eigenvalue weighted by Gasteiger charge is -2.00. The van der Waals surface area contributed by atoms with Crippen molar-refractivity contribution in [3.63, 3.8) is 0 Å². The molecule has 3 nitrogen and oxygen atoms in total. The van der Waals surface area contributed by atoms with Gasteiger partial charge in [-0.3, -0.25) is 4.79 Å². The van der Waals surface area contributed by atoms with Crippen molar-refractivity contribution in [3.8, 4) is 22.6 Å². The molecular formula is C18H14O3. The first-order valence-electron chi connectivity index (χ1n) is 6.69. The fraction of sp³-hybridized carbons (Fsp3) is 0.0556. The molecular weight excluding hydrogens is 264 g/mol. The molecule has 2 aromatic carbocycles. The van der Waals surface area contributed by atoms with Crippen LogP contribution in [0.3, 0.4) is 0 Å². The molecule has 3 aromatic rings. The zero-order valence-electron chi connectivity index (χ0n) is 11.3. The van der Waals surface area contributed by atoms with E-state index in [-0.39, 0.29) is 6.42 Å². The summed E-state index contributed by atoms with van der Waals surface area (Å²) in [6.07, 6.45) is -0.0550. The molecule has 0 saturated carbocycles. The third-order valence-electron chi connectivity index (χ3n) is 3.24. The Balaban J connectivity index is 2.10. The quantitative estimate of drug-likeness (QED) is 0.776. The normalized spacial score (nSPS) is 10.5. The summed E-state index contributed by atoms with van der Waals surface area (Å²) >= 11 is 0. The van der Waals surface area contributed by atoms with Crippen molar-refractivity contribution in [3.05, 3.63) is 72.3 Å². The number of carbonyl (C=O) groups is 1. The van der Waals surface area contributed by atoms with Gasteiger partial charge in [-0.25, -0.2) is 0 Å². The van der Waals surface area contributed by atoms with Crippen LogP contribution in [0.5, 0.6) is 0 Å². The Hall–Kier alpha value is -2.81. The second-order valence-electron chi connectivity index (χ2n) is 4.77. The van der Waals surface area contributed by atoms with E-state index in [1.54, 1.807) is 0 Å². The number of benzene rings is 2. The van der Waals surface area contributed by atoms with Gasteiger partial charge in [0.25, 0.3) is 0 Å². The molecule has 0 aliphatic carbocycles. The van der Waals surface area contributed by atoms with E-state index in [1.807, 2.05) is 66.7 Å². The van der Waals surface area contributed by atoms with Crippen LogP contribution in [-0.4, -0.2) is 11.1 Å². The smallest absolute Gasteiger partial charge is 0.307 e. The molecule has 0 aliphatic rings. The molecule has 1 aromatic heterocycles. The molecule has 0 saturated heterocycles. The van der Waals surface area contributed by atoms with E-state index in [0.29, 0.717) is 17.1 Å². The van der Waals surface area contributed by atoms with E-state index < -0.39 is 5.97 Å². The predicted octanol–water partition coefficient (Wildman–Crippen LogP) is 4.24. The number of hydrogen-bond acceptors (Lipinski definition) is 2. The Morgan fingerprint density at radius 1 is 0.905 bits per heavy atom. The minimum atomic E-state index is -0.868. The molecule has 0 aliphatic heterocycles. The van der Waals surface area contributed by atoms with Crippen LogP contribution in [0, 0.1) is 0 Å². The van der Waals surface area contributed by atoms with Crippen LogP contribution in [0.4, 0.5) is 0 Å². The first-order valence-corrected chi connectivity index (χ1v) is 6.69. The van der Waals surface area contributed by atoms with E-state index in [0.717, 1.165) is 11.1 Å². The fourth-order valence-corrected chi connectivity index (χ4v) is 2.30. The van der Waals surface area contributed by atoms with E-state index in [2.05, 4.69) is 0 Å². The van der Waals surface area contributed by atoms with Crippen molar-refractivity contribution < 1.29 is 14.3 Å². The highest BCUT2D eigenvalue weighted by molar-refractivity contribution is 5.76. The van der Waals surface area contributed by atoms with Gasteiger partial charge in [0.15, 0.2) is 0 Å². The van der Waals surface area contributed by atoms with Crippen molar-refractivity contribution in [2.45, 2.75) is 6.42 Å². The van der Waals surface area contributed by atoms with Crippen LogP contribution in [0.25, 0.3) is 22.6 Å². The van der Waals surface area contributed by atoms with Gasteiger partial charge in [-0.15, -0.1) is 0 Å². The third kappa shape index (κ3) is 2.87. The molecule has 3 rings (SSSR count). The van der Waals surface area contributed by atoms with E-state index in [9.17, 15) is 4.79 Å². The number of furan rings is 1. The zero-order chi connectivity index (χ0) is 14.7. The van der Waals surface area contributed by atoms with Gasteiger partial charge in [0.1, 0.15) is 11.5 Å². The van der Waals surface area contributed by atoms with Crippen molar-refractivity contribution in [1.29, 1.82) is 0 Å². The van der Waals surface area contributed by atoms with Gasteiger partial charge in [0, 0.05) is 16.7 Å². The second kappa shape index (κ2) is 5.67. The highest BCUT2D eigenvalue weighted by atomic mass is 16.4. The summed E-state index contributed by atoms with van der Waals surface area (Å²) in [5, 5.41) is 9.08. The van der Waals surface area contributed by atoms with Gasteiger partial charge in [-0.1, -0.05) is 60.7 Å². The average molecular weight is 278 g/mol. The highest BCUT2D eigenvalue weighted by Gasteiger charge is 2.16. The van der Waals surface area contributed by atoms with E-state index in [1.165, 1.54) is 0 Å². The predicted molar refractivity (Wildman–Crippen MR) is 80.9 cm³/mol. The second-order valence-corrected chi connectivity index (χ2v) is 4.77. The van der Waals surface area contributed by atoms with Gasteiger partial charge in [0.2, 0.25) is 0 Å². The third-order valence-corrected chi connectivity index (χ3v) is 3.24. The van der Waals surface area contributed by atoms with Gasteiger partial charge < -0.3 is 9.52 Å². The van der Waals surface area contributed by atoms with Gasteiger partial charge in [0.05, 0.1) is 6.42 Å². The summed E-state index contributed by atoms with van der Waals surface area (Å²) in [6, 6.07) is 21.0. The van der Waals surface area contributed by atoms with Gasteiger partial charge in [-0.05, 0) is 6.07 Å². The van der Waals surface area contributed by atoms with Crippen LogP contribution < -0.4 is 0 Å². The molecule has 0 amide bonds. The van der Waals surface area contributed by atoms with Crippen LogP contribution in [0.1, 0.15) is 5.56 Å².